The van der Waals surface area contributed by atoms with Gasteiger partial charge in [0.25, 0.3) is 5.91 Å². The summed E-state index contributed by atoms with van der Waals surface area (Å²) in [6, 6.07) is 4.05. The Balaban J connectivity index is 1.89. The van der Waals surface area contributed by atoms with Crippen LogP contribution >= 0.6 is 0 Å². The highest BCUT2D eigenvalue weighted by molar-refractivity contribution is 5.95. The molecule has 4 nitrogen and oxygen atoms in total. The van der Waals surface area contributed by atoms with E-state index in [0.29, 0.717) is 0 Å². The number of amides is 1. The molecule has 0 unspecified atom stereocenters. The Morgan fingerprint density at radius 1 is 1.27 bits per heavy atom. The maximum Gasteiger partial charge on any atom is 0.416 e. The number of carbonyl (C=O) groups is 2. The van der Waals surface area contributed by atoms with Crippen LogP contribution in [-0.4, -0.2) is 18.0 Å². The van der Waals surface area contributed by atoms with Gasteiger partial charge >= 0.3 is 12.1 Å². The predicted molar refractivity (Wildman–Crippen MR) is 72.9 cm³/mol. The maximum atomic E-state index is 12.4. The van der Waals surface area contributed by atoms with Gasteiger partial charge in [-0.15, -0.1) is 0 Å². The minimum Gasteiger partial charge on any atom is -0.452 e. The third-order valence-corrected chi connectivity index (χ3v) is 3.55. The van der Waals surface area contributed by atoms with Crippen LogP contribution in [0.25, 0.3) is 0 Å². The smallest absolute Gasteiger partial charge is 0.416 e. The molecule has 1 aliphatic carbocycles. The van der Waals surface area contributed by atoms with Crippen LogP contribution in [0.5, 0.6) is 0 Å². The van der Waals surface area contributed by atoms with Crippen LogP contribution in [0.4, 0.5) is 18.9 Å². The summed E-state index contributed by atoms with van der Waals surface area (Å²) in [5.41, 5.74) is -0.589. The predicted octanol–water partition coefficient (Wildman–Crippen LogP) is 3.23. The molecule has 1 amide bonds. The number of halogens is 3. The third-order valence-electron chi connectivity index (χ3n) is 3.55. The van der Waals surface area contributed by atoms with Gasteiger partial charge < -0.3 is 10.1 Å². The first-order chi connectivity index (χ1) is 10.2. The molecule has 0 radical (unpaired) electrons. The first kappa shape index (κ1) is 16.3. The number of carbonyl (C=O) groups excluding carboxylic acids is 2. The molecule has 7 heteroatoms. The van der Waals surface area contributed by atoms with Crippen molar-refractivity contribution in [3.8, 4) is 0 Å². The van der Waals surface area contributed by atoms with Crippen molar-refractivity contribution < 1.29 is 27.5 Å². The Bertz CT molecular complexity index is 568. The van der Waals surface area contributed by atoms with Gasteiger partial charge in [-0.3, -0.25) is 9.59 Å². The monoisotopic (exact) mass is 315 g/mol. The lowest BCUT2D eigenvalue weighted by atomic mass is 10.2. The SMILES string of the molecule is C[C@H](OC(=O)[C@@H]1C[C@H]1C)C(=O)Nc1ccc(C(F)(F)F)cc1. The van der Waals surface area contributed by atoms with Gasteiger partial charge in [0.2, 0.25) is 0 Å². The van der Waals surface area contributed by atoms with Gasteiger partial charge in [0.1, 0.15) is 0 Å². The molecule has 0 aliphatic heterocycles. The van der Waals surface area contributed by atoms with Gasteiger partial charge in [-0.2, -0.15) is 13.2 Å². The van der Waals surface area contributed by atoms with Crippen molar-refractivity contribution in [3.05, 3.63) is 29.8 Å². The minimum absolute atomic E-state index is 0.152. The summed E-state index contributed by atoms with van der Waals surface area (Å²) < 4.78 is 42.3. The zero-order valence-electron chi connectivity index (χ0n) is 12.1. The molecule has 3 atom stereocenters. The van der Waals surface area contributed by atoms with Crippen molar-refractivity contribution in [2.45, 2.75) is 32.5 Å². The molecular formula is C15H16F3NO3. The lowest BCUT2D eigenvalue weighted by Crippen LogP contribution is -2.30. The molecule has 1 N–H and O–H groups in total. The molecular weight excluding hydrogens is 299 g/mol. The fraction of sp³-hybridized carbons (Fsp3) is 0.467. The van der Waals surface area contributed by atoms with Crippen LogP contribution < -0.4 is 5.32 Å². The number of alkyl halides is 3. The highest BCUT2D eigenvalue weighted by atomic mass is 19.4. The number of ether oxygens (including phenoxy) is 1. The summed E-state index contributed by atoms with van der Waals surface area (Å²) in [5.74, 6) is -0.872. The van der Waals surface area contributed by atoms with E-state index in [1.54, 1.807) is 0 Å². The maximum absolute atomic E-state index is 12.4. The Kier molecular flexibility index (Phi) is 4.44. The van der Waals surface area contributed by atoms with E-state index >= 15 is 0 Å². The normalized spacial score (nSPS) is 21.9. The van der Waals surface area contributed by atoms with Gasteiger partial charge in [0.05, 0.1) is 11.5 Å². The highest BCUT2D eigenvalue weighted by Gasteiger charge is 2.41. The van der Waals surface area contributed by atoms with Crippen molar-refractivity contribution in [3.63, 3.8) is 0 Å². The van der Waals surface area contributed by atoms with E-state index in [1.165, 1.54) is 6.92 Å². The molecule has 0 bridgehead atoms. The van der Waals surface area contributed by atoms with Crippen molar-refractivity contribution in [2.75, 3.05) is 5.32 Å². The van der Waals surface area contributed by atoms with Gasteiger partial charge in [0, 0.05) is 5.69 Å². The van der Waals surface area contributed by atoms with Crippen molar-refractivity contribution in [1.82, 2.24) is 0 Å². The largest absolute Gasteiger partial charge is 0.452 e. The quantitative estimate of drug-likeness (QED) is 0.868. The molecule has 0 spiro atoms. The number of anilines is 1. The topological polar surface area (TPSA) is 55.4 Å². The minimum atomic E-state index is -4.42. The summed E-state index contributed by atoms with van der Waals surface area (Å²) in [7, 11) is 0. The molecule has 22 heavy (non-hydrogen) atoms. The van der Waals surface area contributed by atoms with Crippen molar-refractivity contribution in [1.29, 1.82) is 0 Å². The summed E-state index contributed by atoms with van der Waals surface area (Å²) in [6.07, 6.45) is -4.67. The molecule has 1 aliphatic rings. The van der Waals surface area contributed by atoms with Gasteiger partial charge in [-0.05, 0) is 43.5 Å². The van der Waals surface area contributed by atoms with Gasteiger partial charge in [-0.25, -0.2) is 0 Å². The van der Waals surface area contributed by atoms with Crippen LogP contribution in [0.1, 0.15) is 25.8 Å². The highest BCUT2D eigenvalue weighted by Crippen LogP contribution is 2.38. The number of rotatable bonds is 4. The number of benzene rings is 1. The second-order valence-electron chi connectivity index (χ2n) is 5.46. The summed E-state index contributed by atoms with van der Waals surface area (Å²) >= 11 is 0. The molecule has 1 fully saturated rings. The number of hydrogen-bond acceptors (Lipinski definition) is 3. The van der Waals surface area contributed by atoms with Crippen molar-refractivity contribution in [2.24, 2.45) is 11.8 Å². The van der Waals surface area contributed by atoms with E-state index in [-0.39, 0.29) is 17.5 Å². The van der Waals surface area contributed by atoms with Crippen LogP contribution in [0.15, 0.2) is 24.3 Å². The van der Waals surface area contributed by atoms with Gasteiger partial charge in [0.15, 0.2) is 6.10 Å². The Hall–Kier alpha value is -2.05. The molecule has 0 saturated heterocycles. The lowest BCUT2D eigenvalue weighted by Gasteiger charge is -2.14. The third kappa shape index (κ3) is 3.99. The molecule has 0 heterocycles. The fourth-order valence-electron chi connectivity index (χ4n) is 1.95. The number of nitrogens with one attached hydrogen (secondary N) is 1. The van der Waals surface area contributed by atoms with Crippen LogP contribution in [0.2, 0.25) is 0 Å². The summed E-state index contributed by atoms with van der Waals surface area (Å²) in [5, 5.41) is 2.41. The van der Waals surface area contributed by atoms with E-state index in [0.717, 1.165) is 30.7 Å². The standard InChI is InChI=1S/C15H16F3NO3/c1-8-7-12(8)14(21)22-9(2)13(20)19-11-5-3-10(4-6-11)15(16,17)18/h3-6,8-9,12H,7H2,1-2H3,(H,19,20)/t8-,9+,12-/m1/s1. The summed E-state index contributed by atoms with van der Waals surface area (Å²) in [6.45, 7) is 3.34. The van der Waals surface area contributed by atoms with Crippen LogP contribution in [0, 0.1) is 11.8 Å². The second-order valence-corrected chi connectivity index (χ2v) is 5.46. The molecule has 1 saturated carbocycles. The van der Waals surface area contributed by atoms with E-state index in [2.05, 4.69) is 5.32 Å². The van der Waals surface area contributed by atoms with Gasteiger partial charge in [-0.1, -0.05) is 6.92 Å². The lowest BCUT2D eigenvalue weighted by molar-refractivity contribution is -0.154. The molecule has 1 aromatic carbocycles. The van der Waals surface area contributed by atoms with E-state index in [4.69, 9.17) is 4.74 Å². The molecule has 120 valence electrons. The fourth-order valence-corrected chi connectivity index (χ4v) is 1.95. The zero-order chi connectivity index (χ0) is 16.5. The average Bonchev–Trinajstić information content (AvgIpc) is 3.15. The Morgan fingerprint density at radius 2 is 1.82 bits per heavy atom. The van der Waals surface area contributed by atoms with E-state index in [1.807, 2.05) is 6.92 Å². The first-order valence-corrected chi connectivity index (χ1v) is 6.87. The molecule has 1 aromatic rings. The number of hydrogen-bond donors (Lipinski definition) is 1. The Morgan fingerprint density at radius 3 is 2.27 bits per heavy atom. The van der Waals surface area contributed by atoms with Crippen LogP contribution in [0.3, 0.4) is 0 Å². The van der Waals surface area contributed by atoms with Crippen molar-refractivity contribution >= 4 is 17.6 Å². The second kappa shape index (κ2) is 5.98. The first-order valence-electron chi connectivity index (χ1n) is 6.87. The molecule has 0 aromatic heterocycles. The van der Waals surface area contributed by atoms with E-state index in [9.17, 15) is 22.8 Å². The zero-order valence-corrected chi connectivity index (χ0v) is 12.1. The average molecular weight is 315 g/mol. The van der Waals surface area contributed by atoms with Crippen LogP contribution in [-0.2, 0) is 20.5 Å². The summed E-state index contributed by atoms with van der Waals surface area (Å²) in [4.78, 5) is 23.5. The Labute approximate surface area is 125 Å². The molecule has 2 rings (SSSR count). The number of esters is 1. The van der Waals surface area contributed by atoms with E-state index < -0.39 is 29.7 Å².